The van der Waals surface area contributed by atoms with Crippen LogP contribution in [0.5, 0.6) is 0 Å². The van der Waals surface area contributed by atoms with Crippen LogP contribution in [0.1, 0.15) is 66.2 Å². The van der Waals surface area contributed by atoms with Crippen LogP contribution in [0.15, 0.2) is 23.8 Å². The third kappa shape index (κ3) is 2.66. The monoisotopic (exact) mass is 400 g/mol. The fourth-order valence-corrected chi connectivity index (χ4v) is 7.31. The van der Waals surface area contributed by atoms with Crippen molar-refractivity contribution in [3.63, 3.8) is 0 Å². The topological polar surface area (TPSA) is 80.7 Å². The van der Waals surface area contributed by atoms with E-state index in [0.717, 1.165) is 18.4 Å². The molecule has 0 spiro atoms. The number of carbonyl (C=O) groups is 3. The van der Waals surface area contributed by atoms with Crippen molar-refractivity contribution >= 4 is 17.5 Å². The van der Waals surface area contributed by atoms with E-state index in [0.29, 0.717) is 19.3 Å². The molecule has 158 valence electrons. The zero-order valence-corrected chi connectivity index (χ0v) is 17.9. The fraction of sp³-hybridized carbons (Fsp3) is 0.708. The Morgan fingerprint density at radius 1 is 1.31 bits per heavy atom. The highest BCUT2D eigenvalue weighted by Gasteiger charge is 2.69. The van der Waals surface area contributed by atoms with Gasteiger partial charge in [0.05, 0.1) is 6.10 Å². The molecule has 7 atom stereocenters. The molecule has 2 fully saturated rings. The number of allylic oxidation sites excluding steroid dienone is 4. The molecule has 0 amide bonds. The number of Topliss-reactive ketones (excluding diaryl/α,β-unsaturated/α-hetero) is 1. The van der Waals surface area contributed by atoms with E-state index in [2.05, 4.69) is 13.0 Å². The van der Waals surface area contributed by atoms with Crippen molar-refractivity contribution in [1.82, 2.24) is 0 Å². The standard InChI is InChI=1S/C24H32O5/c1-5-20(28)29-24(14(2)25)11-9-18-17-7-6-15-12-16(26)8-10-22(15,3)21(17)19(27)13-23(18,24)4/h6,8,10,17-19,21,27H,5,7,9,11-13H2,1-4H3/t17-,18-,19-,21+,22-,23-,24?/m0/s1. The molecule has 1 unspecified atom stereocenters. The Labute approximate surface area is 172 Å². The van der Waals surface area contributed by atoms with E-state index in [4.69, 9.17) is 4.74 Å². The predicted octanol–water partition coefficient (Wildman–Crippen LogP) is 3.55. The molecule has 5 heteroatoms. The molecule has 0 saturated heterocycles. The van der Waals surface area contributed by atoms with Crippen LogP contribution in [0.3, 0.4) is 0 Å². The van der Waals surface area contributed by atoms with Gasteiger partial charge in [-0.25, -0.2) is 0 Å². The Kier molecular flexibility index (Phi) is 4.69. The van der Waals surface area contributed by atoms with E-state index in [1.165, 1.54) is 6.92 Å². The highest BCUT2D eigenvalue weighted by molar-refractivity contribution is 5.93. The minimum atomic E-state index is -1.15. The summed E-state index contributed by atoms with van der Waals surface area (Å²) in [6.45, 7) is 7.43. The van der Waals surface area contributed by atoms with E-state index in [9.17, 15) is 19.5 Å². The van der Waals surface area contributed by atoms with E-state index in [1.54, 1.807) is 13.0 Å². The Morgan fingerprint density at radius 2 is 2.03 bits per heavy atom. The van der Waals surface area contributed by atoms with Gasteiger partial charge in [-0.05, 0) is 50.5 Å². The van der Waals surface area contributed by atoms with Crippen LogP contribution in [-0.4, -0.2) is 34.3 Å². The number of rotatable bonds is 3. The van der Waals surface area contributed by atoms with Crippen LogP contribution in [-0.2, 0) is 19.1 Å². The number of aliphatic hydroxyl groups excluding tert-OH is 1. The molecular formula is C24H32O5. The van der Waals surface area contributed by atoms with Crippen LogP contribution in [0.4, 0.5) is 0 Å². The molecule has 0 aromatic carbocycles. The van der Waals surface area contributed by atoms with Crippen LogP contribution < -0.4 is 0 Å². The first kappa shape index (κ1) is 20.5. The van der Waals surface area contributed by atoms with Gasteiger partial charge in [-0.3, -0.25) is 14.4 Å². The van der Waals surface area contributed by atoms with Crippen molar-refractivity contribution in [3.05, 3.63) is 23.8 Å². The molecule has 0 aromatic heterocycles. The average Bonchev–Trinajstić information content (AvgIpc) is 2.94. The van der Waals surface area contributed by atoms with Gasteiger partial charge in [-0.1, -0.05) is 38.5 Å². The molecule has 0 heterocycles. The fourth-order valence-electron chi connectivity index (χ4n) is 7.31. The molecule has 29 heavy (non-hydrogen) atoms. The van der Waals surface area contributed by atoms with Gasteiger partial charge in [-0.15, -0.1) is 0 Å². The van der Waals surface area contributed by atoms with Gasteiger partial charge in [0.2, 0.25) is 0 Å². The lowest BCUT2D eigenvalue weighted by molar-refractivity contribution is -0.196. The maximum absolute atomic E-state index is 12.9. The van der Waals surface area contributed by atoms with Crippen LogP contribution in [0.2, 0.25) is 0 Å². The van der Waals surface area contributed by atoms with Gasteiger partial charge >= 0.3 is 5.97 Å². The van der Waals surface area contributed by atoms with Gasteiger partial charge in [-0.2, -0.15) is 0 Å². The summed E-state index contributed by atoms with van der Waals surface area (Å²) in [5.74, 6) is 0.0309. The summed E-state index contributed by atoms with van der Waals surface area (Å²) in [6.07, 6.45) is 8.43. The smallest absolute Gasteiger partial charge is 0.306 e. The van der Waals surface area contributed by atoms with E-state index >= 15 is 0 Å². The molecule has 2 saturated carbocycles. The van der Waals surface area contributed by atoms with Gasteiger partial charge in [0.15, 0.2) is 17.2 Å². The second kappa shape index (κ2) is 6.63. The lowest BCUT2D eigenvalue weighted by Crippen LogP contribution is -2.62. The Morgan fingerprint density at radius 3 is 2.69 bits per heavy atom. The van der Waals surface area contributed by atoms with Crippen molar-refractivity contribution in [3.8, 4) is 0 Å². The summed E-state index contributed by atoms with van der Waals surface area (Å²) in [5.41, 5.74) is -0.957. The minimum absolute atomic E-state index is 0.00885. The lowest BCUT2D eigenvalue weighted by atomic mass is 9.47. The SMILES string of the molecule is CCC(=O)OC1(C(C)=O)CC[C@H]2[C@@H]3CC=C4CC(=O)C=C[C@]4(C)[C@H]3[C@@H](O)C[C@@]21C. The third-order valence-corrected chi connectivity index (χ3v) is 8.72. The predicted molar refractivity (Wildman–Crippen MR) is 108 cm³/mol. The molecule has 4 aliphatic carbocycles. The average molecular weight is 401 g/mol. The Bertz CT molecular complexity index is 825. The summed E-state index contributed by atoms with van der Waals surface area (Å²) in [7, 11) is 0. The summed E-state index contributed by atoms with van der Waals surface area (Å²) in [4.78, 5) is 37.0. The van der Waals surface area contributed by atoms with Gasteiger partial charge in [0, 0.05) is 29.6 Å². The van der Waals surface area contributed by atoms with E-state index in [1.807, 2.05) is 13.0 Å². The van der Waals surface area contributed by atoms with Crippen molar-refractivity contribution in [1.29, 1.82) is 0 Å². The quantitative estimate of drug-likeness (QED) is 0.579. The second-order valence-corrected chi connectivity index (χ2v) is 9.96. The largest absolute Gasteiger partial charge is 0.450 e. The maximum atomic E-state index is 12.9. The minimum Gasteiger partial charge on any atom is -0.450 e. The number of hydrogen-bond donors (Lipinski definition) is 1. The zero-order valence-electron chi connectivity index (χ0n) is 17.9. The first-order chi connectivity index (χ1) is 13.6. The van der Waals surface area contributed by atoms with E-state index < -0.39 is 17.1 Å². The normalized spacial score (nSPS) is 45.7. The Balaban J connectivity index is 1.76. The number of hydrogen-bond acceptors (Lipinski definition) is 5. The molecule has 4 aliphatic rings. The molecule has 0 aromatic rings. The number of carbonyl (C=O) groups excluding carboxylic acids is 3. The van der Waals surface area contributed by atoms with Crippen molar-refractivity contribution in [2.75, 3.05) is 0 Å². The zero-order chi connectivity index (χ0) is 21.2. The summed E-state index contributed by atoms with van der Waals surface area (Å²) < 4.78 is 5.88. The Hall–Kier alpha value is -1.75. The molecule has 0 aliphatic heterocycles. The molecule has 0 radical (unpaired) electrons. The summed E-state index contributed by atoms with van der Waals surface area (Å²) >= 11 is 0. The van der Waals surface area contributed by atoms with Crippen LogP contribution >= 0.6 is 0 Å². The molecular weight excluding hydrogens is 368 g/mol. The number of ketones is 2. The number of fused-ring (bicyclic) bond motifs is 5. The lowest BCUT2D eigenvalue weighted by Gasteiger charge is -2.59. The number of esters is 1. The van der Waals surface area contributed by atoms with Crippen molar-refractivity contribution in [2.45, 2.75) is 77.9 Å². The van der Waals surface area contributed by atoms with E-state index in [-0.39, 0.29) is 47.1 Å². The molecule has 4 rings (SSSR count). The third-order valence-electron chi connectivity index (χ3n) is 8.72. The molecule has 0 bridgehead atoms. The summed E-state index contributed by atoms with van der Waals surface area (Å²) in [6, 6.07) is 0. The van der Waals surface area contributed by atoms with Gasteiger partial charge in [0.1, 0.15) is 0 Å². The van der Waals surface area contributed by atoms with Crippen molar-refractivity contribution in [2.24, 2.45) is 28.6 Å². The second-order valence-electron chi connectivity index (χ2n) is 9.96. The number of aliphatic hydroxyl groups is 1. The molecule has 5 nitrogen and oxygen atoms in total. The van der Waals surface area contributed by atoms with Crippen molar-refractivity contribution < 1.29 is 24.2 Å². The maximum Gasteiger partial charge on any atom is 0.306 e. The van der Waals surface area contributed by atoms with Gasteiger partial charge in [0.25, 0.3) is 0 Å². The first-order valence-corrected chi connectivity index (χ1v) is 10.9. The summed E-state index contributed by atoms with van der Waals surface area (Å²) in [5, 5.41) is 11.4. The van der Waals surface area contributed by atoms with Gasteiger partial charge < -0.3 is 9.84 Å². The highest BCUT2D eigenvalue weighted by Crippen LogP contribution is 2.67. The van der Waals surface area contributed by atoms with Crippen LogP contribution in [0, 0.1) is 28.6 Å². The number of ether oxygens (including phenoxy) is 1. The highest BCUT2D eigenvalue weighted by atomic mass is 16.6. The van der Waals surface area contributed by atoms with Crippen LogP contribution in [0.25, 0.3) is 0 Å². The first-order valence-electron chi connectivity index (χ1n) is 10.9. The molecule has 1 N–H and O–H groups in total.